The van der Waals surface area contributed by atoms with Crippen LogP contribution >= 0.6 is 0 Å². The van der Waals surface area contributed by atoms with E-state index >= 15 is 0 Å². The Balaban J connectivity index is 1.59. The van der Waals surface area contributed by atoms with Crippen LogP contribution in [0.1, 0.15) is 42.2 Å². The molecule has 196 valence electrons. The fourth-order valence-electron chi connectivity index (χ4n) is 5.10. The Bertz CT molecular complexity index is 1440. The molecule has 4 aromatic rings. The zero-order valence-electron chi connectivity index (χ0n) is 21.3. The van der Waals surface area contributed by atoms with Gasteiger partial charge in [0, 0.05) is 29.3 Å². The molecule has 0 bridgehead atoms. The number of hydrogen-bond acceptors (Lipinski definition) is 5. The predicted molar refractivity (Wildman–Crippen MR) is 142 cm³/mol. The number of likely N-dealkylation sites (tertiary alicyclic amines) is 1. The number of quaternary nitrogens is 1. The van der Waals surface area contributed by atoms with Crippen LogP contribution in [-0.4, -0.2) is 40.9 Å². The van der Waals surface area contributed by atoms with Crippen LogP contribution in [-0.2, 0) is 6.54 Å². The van der Waals surface area contributed by atoms with Gasteiger partial charge in [-0.05, 0) is 43.9 Å². The Kier molecular flexibility index (Phi) is 7.42. The molecular formula is C30H31FN3O4+. The molecule has 1 aliphatic rings. The number of carbonyl (C=O) groups excluding carboxylic acids is 1. The van der Waals surface area contributed by atoms with Crippen molar-refractivity contribution in [3.63, 3.8) is 0 Å². The van der Waals surface area contributed by atoms with E-state index in [4.69, 9.17) is 4.52 Å². The van der Waals surface area contributed by atoms with Gasteiger partial charge in [-0.1, -0.05) is 47.6 Å². The fraction of sp³-hybridized carbons (Fsp3) is 0.267. The zero-order chi connectivity index (χ0) is 26.6. The zero-order valence-corrected chi connectivity index (χ0v) is 21.3. The first-order valence-corrected chi connectivity index (χ1v) is 13.0. The van der Waals surface area contributed by atoms with Crippen molar-refractivity contribution in [1.82, 2.24) is 10.5 Å². The number of nitrogens with zero attached hydrogens (tertiary/aromatic N) is 1. The second kappa shape index (κ2) is 11.1. The Morgan fingerprint density at radius 1 is 0.974 bits per heavy atom. The van der Waals surface area contributed by atoms with Gasteiger partial charge < -0.3 is 25.0 Å². The number of piperidine rings is 1. The SMILES string of the molecule is CCNC(=O)c1noc(-c2cc(-c3ccccc3F)c(O)cc2O)c1-c1ccc(C[NH+]2CCCCC2)cc1. The first-order chi connectivity index (χ1) is 18.5. The van der Waals surface area contributed by atoms with Crippen LogP contribution < -0.4 is 10.2 Å². The minimum atomic E-state index is -0.522. The van der Waals surface area contributed by atoms with Crippen molar-refractivity contribution in [2.75, 3.05) is 19.6 Å². The van der Waals surface area contributed by atoms with Crippen molar-refractivity contribution in [2.45, 2.75) is 32.7 Å². The van der Waals surface area contributed by atoms with Gasteiger partial charge in [0.2, 0.25) is 0 Å². The third kappa shape index (κ3) is 5.13. The van der Waals surface area contributed by atoms with Crippen LogP contribution in [0.15, 0.2) is 65.2 Å². The van der Waals surface area contributed by atoms with Crippen LogP contribution in [0.3, 0.4) is 0 Å². The Labute approximate surface area is 220 Å². The molecule has 1 saturated heterocycles. The summed E-state index contributed by atoms with van der Waals surface area (Å²) in [5, 5.41) is 28.1. The molecular weight excluding hydrogens is 485 g/mol. The summed E-state index contributed by atoms with van der Waals surface area (Å²) in [6, 6.07) is 16.6. The highest BCUT2D eigenvalue weighted by Crippen LogP contribution is 2.44. The second-order valence-corrected chi connectivity index (χ2v) is 9.65. The summed E-state index contributed by atoms with van der Waals surface area (Å²) in [6.07, 6.45) is 3.79. The van der Waals surface area contributed by atoms with Crippen molar-refractivity contribution in [3.05, 3.63) is 77.7 Å². The van der Waals surface area contributed by atoms with E-state index in [2.05, 4.69) is 10.5 Å². The fourth-order valence-corrected chi connectivity index (χ4v) is 5.10. The topological polar surface area (TPSA) is 100 Å². The lowest BCUT2D eigenvalue weighted by atomic mass is 9.94. The van der Waals surface area contributed by atoms with E-state index in [1.165, 1.54) is 56.1 Å². The largest absolute Gasteiger partial charge is 0.507 e. The minimum absolute atomic E-state index is 0.0798. The monoisotopic (exact) mass is 516 g/mol. The number of amides is 1. The molecule has 2 heterocycles. The number of benzene rings is 3. The molecule has 0 aliphatic carbocycles. The van der Waals surface area contributed by atoms with E-state index in [9.17, 15) is 19.4 Å². The van der Waals surface area contributed by atoms with Crippen molar-refractivity contribution < 1.29 is 28.8 Å². The van der Waals surface area contributed by atoms with Gasteiger partial charge in [0.05, 0.1) is 24.2 Å². The number of hydrogen-bond donors (Lipinski definition) is 4. The third-order valence-corrected chi connectivity index (χ3v) is 7.02. The summed E-state index contributed by atoms with van der Waals surface area (Å²) in [5.74, 6) is -1.35. The predicted octanol–water partition coefficient (Wildman–Crippen LogP) is 4.54. The molecule has 1 aromatic heterocycles. The lowest BCUT2D eigenvalue weighted by molar-refractivity contribution is -0.918. The number of aromatic hydroxyl groups is 2. The summed E-state index contributed by atoms with van der Waals surface area (Å²) in [5.41, 5.74) is 2.90. The normalized spacial score (nSPS) is 13.9. The van der Waals surface area contributed by atoms with Gasteiger partial charge in [-0.2, -0.15) is 0 Å². The lowest BCUT2D eigenvalue weighted by Crippen LogP contribution is -3.11. The second-order valence-electron chi connectivity index (χ2n) is 9.65. The minimum Gasteiger partial charge on any atom is -0.507 e. The molecule has 4 N–H and O–H groups in total. The Morgan fingerprint density at radius 3 is 2.39 bits per heavy atom. The Hall–Kier alpha value is -4.17. The number of halogens is 1. The van der Waals surface area contributed by atoms with Crippen molar-refractivity contribution in [3.8, 4) is 45.1 Å². The van der Waals surface area contributed by atoms with Gasteiger partial charge >= 0.3 is 0 Å². The molecule has 8 heteroatoms. The summed E-state index contributed by atoms with van der Waals surface area (Å²) < 4.78 is 20.2. The van der Waals surface area contributed by atoms with Gasteiger partial charge in [0.1, 0.15) is 23.9 Å². The smallest absolute Gasteiger partial charge is 0.274 e. The van der Waals surface area contributed by atoms with Crippen molar-refractivity contribution in [1.29, 1.82) is 0 Å². The van der Waals surface area contributed by atoms with Crippen LogP contribution in [0, 0.1) is 5.82 Å². The van der Waals surface area contributed by atoms with Crippen LogP contribution in [0.2, 0.25) is 0 Å². The molecule has 7 nitrogen and oxygen atoms in total. The van der Waals surface area contributed by atoms with E-state index in [1.54, 1.807) is 17.0 Å². The molecule has 1 fully saturated rings. The van der Waals surface area contributed by atoms with Gasteiger partial charge in [-0.15, -0.1) is 0 Å². The van der Waals surface area contributed by atoms with Gasteiger partial charge in [-0.25, -0.2) is 4.39 Å². The summed E-state index contributed by atoms with van der Waals surface area (Å²) in [6.45, 7) is 5.49. The van der Waals surface area contributed by atoms with Crippen LogP contribution in [0.4, 0.5) is 4.39 Å². The third-order valence-electron chi connectivity index (χ3n) is 7.02. The van der Waals surface area contributed by atoms with E-state index in [0.717, 1.165) is 12.6 Å². The maximum Gasteiger partial charge on any atom is 0.274 e. The van der Waals surface area contributed by atoms with Gasteiger partial charge in [-0.3, -0.25) is 4.79 Å². The summed E-state index contributed by atoms with van der Waals surface area (Å²) >= 11 is 0. The molecule has 0 spiro atoms. The highest BCUT2D eigenvalue weighted by Gasteiger charge is 2.27. The number of aromatic nitrogens is 1. The first-order valence-electron chi connectivity index (χ1n) is 13.0. The number of rotatable bonds is 7. The van der Waals surface area contributed by atoms with E-state index in [-0.39, 0.29) is 39.6 Å². The molecule has 1 aliphatic heterocycles. The quantitative estimate of drug-likeness (QED) is 0.289. The van der Waals surface area contributed by atoms with E-state index < -0.39 is 11.7 Å². The van der Waals surface area contributed by atoms with E-state index in [1.807, 2.05) is 31.2 Å². The highest BCUT2D eigenvalue weighted by molar-refractivity contribution is 6.03. The standard InChI is InChI=1S/C30H30FN3O4/c1-2-32-30(37)28-27(20-12-10-19(11-13-20)18-34-14-6-3-7-15-34)29(38-33-28)23-16-22(25(35)17-26(23)36)21-8-4-5-9-24(21)31/h4-5,8-13,16-17,35-36H,2-3,6-7,14-15,18H2,1H3,(H,32,37)/p+1. The van der Waals surface area contributed by atoms with Crippen molar-refractivity contribution in [2.24, 2.45) is 0 Å². The molecule has 38 heavy (non-hydrogen) atoms. The number of phenols is 2. The molecule has 0 atom stereocenters. The number of phenolic OH excluding ortho intramolecular Hbond substituents is 2. The summed E-state index contributed by atoms with van der Waals surface area (Å²) in [4.78, 5) is 14.5. The molecule has 0 unspecified atom stereocenters. The molecule has 0 radical (unpaired) electrons. The lowest BCUT2D eigenvalue weighted by Gasteiger charge is -2.23. The van der Waals surface area contributed by atoms with E-state index in [0.29, 0.717) is 17.7 Å². The number of nitrogens with one attached hydrogen (secondary N) is 2. The van der Waals surface area contributed by atoms with Crippen LogP contribution in [0.5, 0.6) is 11.5 Å². The molecule has 1 amide bonds. The van der Waals surface area contributed by atoms with Crippen molar-refractivity contribution >= 4 is 5.91 Å². The van der Waals surface area contributed by atoms with Gasteiger partial charge in [0.25, 0.3) is 5.91 Å². The molecule has 0 saturated carbocycles. The highest BCUT2D eigenvalue weighted by atomic mass is 19.1. The maximum absolute atomic E-state index is 14.6. The van der Waals surface area contributed by atoms with Crippen LogP contribution in [0.25, 0.3) is 33.6 Å². The van der Waals surface area contributed by atoms with Gasteiger partial charge in [0.15, 0.2) is 11.5 Å². The molecule has 3 aromatic carbocycles. The maximum atomic E-state index is 14.6. The summed E-state index contributed by atoms with van der Waals surface area (Å²) in [7, 11) is 0. The molecule has 5 rings (SSSR count). The average molecular weight is 517 g/mol. The average Bonchev–Trinajstić information content (AvgIpc) is 3.36. The Morgan fingerprint density at radius 2 is 1.68 bits per heavy atom. The number of carbonyl (C=O) groups is 1. The first kappa shape index (κ1) is 25.5.